The fraction of sp³-hybridized carbons (Fsp3) is 0.0588. The minimum Gasteiger partial charge on any atom is -0.499 e. The zero-order chi connectivity index (χ0) is 18.0. The molecule has 0 aliphatic rings. The number of fused-ring (bicyclic) bond motifs is 1. The van der Waals surface area contributed by atoms with E-state index in [1.165, 1.54) is 19.5 Å². The van der Waals surface area contributed by atoms with E-state index < -0.39 is 16.4 Å². The summed E-state index contributed by atoms with van der Waals surface area (Å²) in [7, 11) is 1.30. The fourth-order valence-corrected chi connectivity index (χ4v) is 2.42. The number of methoxy groups -OCH3 is 1. The van der Waals surface area contributed by atoms with E-state index in [4.69, 9.17) is 11.2 Å². The van der Waals surface area contributed by atoms with Crippen LogP contribution in [0.2, 0.25) is 0 Å². The summed E-state index contributed by atoms with van der Waals surface area (Å²) in [6.45, 7) is 0. The number of rotatable bonds is 4. The molecule has 1 heterocycles. The molecule has 3 rings (SSSR count). The predicted molar refractivity (Wildman–Crippen MR) is 92.1 cm³/mol. The Morgan fingerprint density at radius 1 is 1.36 bits per heavy atom. The van der Waals surface area contributed by atoms with Gasteiger partial charge in [-0.3, -0.25) is 10.1 Å². The second-order valence-electron chi connectivity index (χ2n) is 5.00. The molecule has 0 aliphatic carbocycles. The molecule has 1 aromatic heterocycles. The van der Waals surface area contributed by atoms with Gasteiger partial charge in [-0.05, 0) is 18.2 Å². The van der Waals surface area contributed by atoms with Gasteiger partial charge in [-0.1, -0.05) is 12.0 Å². The topological polar surface area (TPSA) is 110 Å². The average Bonchev–Trinajstić information content (AvgIpc) is 2.61. The van der Waals surface area contributed by atoms with E-state index in [0.717, 1.165) is 0 Å². The molecule has 0 atom stereocenters. The van der Waals surface area contributed by atoms with Gasteiger partial charge in [-0.2, -0.15) is 0 Å². The molecule has 124 valence electrons. The number of nitrogens with one attached hydrogen (secondary N) is 1. The van der Waals surface area contributed by atoms with E-state index >= 15 is 0 Å². The molecule has 0 saturated heterocycles. The number of nitro benzene ring substituents is 1. The van der Waals surface area contributed by atoms with E-state index in [9.17, 15) is 15.2 Å². The van der Waals surface area contributed by atoms with Crippen LogP contribution in [0.5, 0.6) is 11.5 Å². The SMILES string of the molecule is C#Cc1cccc(Nc2ncnc3cc(OC)c(O)c([N+](=O)[O-])c23)c1. The largest absolute Gasteiger partial charge is 0.499 e. The summed E-state index contributed by atoms with van der Waals surface area (Å²) < 4.78 is 4.97. The number of benzene rings is 2. The number of aromatic nitrogens is 2. The lowest BCUT2D eigenvalue weighted by molar-refractivity contribution is -0.384. The van der Waals surface area contributed by atoms with Crippen LogP contribution in [0.15, 0.2) is 36.7 Å². The van der Waals surface area contributed by atoms with Crippen molar-refractivity contribution in [1.29, 1.82) is 0 Å². The van der Waals surface area contributed by atoms with Crippen molar-refractivity contribution in [3.8, 4) is 23.8 Å². The lowest BCUT2D eigenvalue weighted by Crippen LogP contribution is -2.01. The lowest BCUT2D eigenvalue weighted by Gasteiger charge is -2.11. The Kier molecular flexibility index (Phi) is 4.05. The number of anilines is 2. The maximum Gasteiger partial charge on any atom is 0.327 e. The Morgan fingerprint density at radius 3 is 2.84 bits per heavy atom. The quantitative estimate of drug-likeness (QED) is 0.428. The highest BCUT2D eigenvalue weighted by molar-refractivity contribution is 6.01. The second kappa shape index (κ2) is 6.33. The van der Waals surface area contributed by atoms with Gasteiger partial charge in [0.05, 0.1) is 17.5 Å². The van der Waals surface area contributed by atoms with Crippen LogP contribution >= 0.6 is 0 Å². The molecule has 25 heavy (non-hydrogen) atoms. The number of hydrogen-bond donors (Lipinski definition) is 2. The maximum atomic E-state index is 11.5. The van der Waals surface area contributed by atoms with Gasteiger partial charge >= 0.3 is 5.69 Å². The maximum absolute atomic E-state index is 11.5. The summed E-state index contributed by atoms with van der Waals surface area (Å²) in [6.07, 6.45) is 6.64. The summed E-state index contributed by atoms with van der Waals surface area (Å²) in [5.74, 6) is 2.05. The number of phenols is 1. The third-order valence-electron chi connectivity index (χ3n) is 3.53. The number of nitrogens with zero attached hydrogens (tertiary/aromatic N) is 3. The summed E-state index contributed by atoms with van der Waals surface area (Å²) >= 11 is 0. The molecule has 0 bridgehead atoms. The van der Waals surface area contributed by atoms with Crippen molar-refractivity contribution in [2.24, 2.45) is 0 Å². The van der Waals surface area contributed by atoms with Crippen molar-refractivity contribution < 1.29 is 14.8 Å². The van der Waals surface area contributed by atoms with Crippen LogP contribution in [0.4, 0.5) is 17.2 Å². The first-order chi connectivity index (χ1) is 12.0. The van der Waals surface area contributed by atoms with Crippen LogP contribution in [0, 0.1) is 22.5 Å². The summed E-state index contributed by atoms with van der Waals surface area (Å²) in [4.78, 5) is 18.9. The Labute approximate surface area is 142 Å². The smallest absolute Gasteiger partial charge is 0.327 e. The van der Waals surface area contributed by atoms with Crippen LogP contribution < -0.4 is 10.1 Å². The van der Waals surface area contributed by atoms with Crippen LogP contribution in [0.25, 0.3) is 10.9 Å². The average molecular weight is 336 g/mol. The van der Waals surface area contributed by atoms with Crippen LogP contribution in [-0.4, -0.2) is 27.1 Å². The van der Waals surface area contributed by atoms with E-state index in [1.54, 1.807) is 24.3 Å². The van der Waals surface area contributed by atoms with Crippen molar-refractivity contribution in [2.45, 2.75) is 0 Å². The summed E-state index contributed by atoms with van der Waals surface area (Å²) in [5, 5.41) is 24.7. The fourth-order valence-electron chi connectivity index (χ4n) is 2.42. The van der Waals surface area contributed by atoms with Crippen LogP contribution in [-0.2, 0) is 0 Å². The molecular formula is C17H12N4O4. The number of phenolic OH excluding ortho intramolecular Hbond substituents is 1. The zero-order valence-electron chi connectivity index (χ0n) is 13.1. The standard InChI is InChI=1S/C17H12N4O4/c1-3-10-5-4-6-11(7-10)20-17-14-12(18-9-19-17)8-13(25-2)16(22)15(14)21(23)24/h1,4-9,22H,2H3,(H,18,19,20). The number of aromatic hydroxyl groups is 1. The minimum absolute atomic E-state index is 0.0434. The highest BCUT2D eigenvalue weighted by Crippen LogP contribution is 2.44. The molecule has 0 amide bonds. The van der Waals surface area contributed by atoms with Crippen molar-refractivity contribution in [3.05, 3.63) is 52.3 Å². The molecule has 8 nitrogen and oxygen atoms in total. The van der Waals surface area contributed by atoms with Gasteiger partial charge in [0.1, 0.15) is 17.5 Å². The van der Waals surface area contributed by atoms with E-state index in [2.05, 4.69) is 21.2 Å². The Morgan fingerprint density at radius 2 is 2.16 bits per heavy atom. The van der Waals surface area contributed by atoms with E-state index in [-0.39, 0.29) is 22.5 Å². The zero-order valence-corrected chi connectivity index (χ0v) is 13.1. The van der Waals surface area contributed by atoms with Crippen LogP contribution in [0.3, 0.4) is 0 Å². The molecule has 2 aromatic carbocycles. The third-order valence-corrected chi connectivity index (χ3v) is 3.53. The third kappa shape index (κ3) is 2.86. The summed E-state index contributed by atoms with van der Waals surface area (Å²) in [5.41, 5.74) is 0.958. The summed E-state index contributed by atoms with van der Waals surface area (Å²) in [6, 6.07) is 8.34. The molecule has 2 N–H and O–H groups in total. The van der Waals surface area contributed by atoms with Crippen LogP contribution in [0.1, 0.15) is 5.56 Å². The molecule has 0 fully saturated rings. The second-order valence-corrected chi connectivity index (χ2v) is 5.00. The first-order valence-electron chi connectivity index (χ1n) is 7.08. The molecule has 0 unspecified atom stereocenters. The monoisotopic (exact) mass is 336 g/mol. The predicted octanol–water partition coefficient (Wildman–Crippen LogP) is 2.98. The molecule has 0 radical (unpaired) electrons. The van der Waals surface area contributed by atoms with Crippen molar-refractivity contribution in [1.82, 2.24) is 9.97 Å². The van der Waals surface area contributed by atoms with Gasteiger partial charge in [-0.25, -0.2) is 9.97 Å². The molecule has 0 aliphatic heterocycles. The Balaban J connectivity index is 2.24. The first-order valence-corrected chi connectivity index (χ1v) is 7.08. The Bertz CT molecular complexity index is 1030. The number of hydrogen-bond acceptors (Lipinski definition) is 7. The van der Waals surface area contributed by atoms with Gasteiger partial charge in [0, 0.05) is 17.3 Å². The van der Waals surface area contributed by atoms with Crippen molar-refractivity contribution in [2.75, 3.05) is 12.4 Å². The van der Waals surface area contributed by atoms with E-state index in [1.807, 2.05) is 0 Å². The molecule has 3 aromatic rings. The Hall–Kier alpha value is -3.86. The normalized spacial score (nSPS) is 10.2. The molecule has 0 spiro atoms. The van der Waals surface area contributed by atoms with E-state index in [0.29, 0.717) is 11.3 Å². The lowest BCUT2D eigenvalue weighted by atomic mass is 10.1. The van der Waals surface area contributed by atoms with Gasteiger partial charge in [-0.15, -0.1) is 6.42 Å². The number of terminal acetylenes is 1. The highest BCUT2D eigenvalue weighted by atomic mass is 16.6. The van der Waals surface area contributed by atoms with Gasteiger partial charge < -0.3 is 15.2 Å². The number of nitro groups is 1. The van der Waals surface area contributed by atoms with Gasteiger partial charge in [0.2, 0.25) is 5.75 Å². The number of ether oxygens (including phenoxy) is 1. The molecule has 0 saturated carbocycles. The van der Waals surface area contributed by atoms with Crippen molar-refractivity contribution >= 4 is 28.1 Å². The highest BCUT2D eigenvalue weighted by Gasteiger charge is 2.26. The van der Waals surface area contributed by atoms with Crippen molar-refractivity contribution in [3.63, 3.8) is 0 Å². The van der Waals surface area contributed by atoms with Gasteiger partial charge in [0.25, 0.3) is 0 Å². The minimum atomic E-state index is -0.702. The van der Waals surface area contributed by atoms with Gasteiger partial charge in [0.15, 0.2) is 5.75 Å². The molecular weight excluding hydrogens is 324 g/mol. The first kappa shape index (κ1) is 16.0. The molecule has 8 heteroatoms.